The second kappa shape index (κ2) is 5.14. The van der Waals surface area contributed by atoms with E-state index in [-0.39, 0.29) is 0 Å². The standard InChI is InChI=1S/C12H13ClN2O/c13-10-5-2-1-4-9(10)11-8-15-12(16-11)6-3-7-14/h1-2,4-5,8H,3,6-7,14H2. The van der Waals surface area contributed by atoms with Crippen LogP contribution in [0.3, 0.4) is 0 Å². The van der Waals surface area contributed by atoms with Crippen molar-refractivity contribution in [3.05, 3.63) is 41.4 Å². The maximum absolute atomic E-state index is 6.06. The van der Waals surface area contributed by atoms with E-state index in [1.165, 1.54) is 0 Å². The van der Waals surface area contributed by atoms with Gasteiger partial charge in [0.15, 0.2) is 11.7 Å². The van der Waals surface area contributed by atoms with E-state index in [0.29, 0.717) is 23.2 Å². The molecule has 0 saturated heterocycles. The largest absolute Gasteiger partial charge is 0.441 e. The molecule has 2 aromatic rings. The number of oxazole rings is 1. The minimum absolute atomic E-state index is 0.643. The summed E-state index contributed by atoms with van der Waals surface area (Å²) in [7, 11) is 0. The SMILES string of the molecule is NCCCc1ncc(-c2ccccc2Cl)o1. The van der Waals surface area contributed by atoms with Gasteiger partial charge < -0.3 is 10.2 Å². The van der Waals surface area contributed by atoms with Gasteiger partial charge in [0.05, 0.1) is 11.2 Å². The van der Waals surface area contributed by atoms with Gasteiger partial charge in [0, 0.05) is 12.0 Å². The summed E-state index contributed by atoms with van der Waals surface area (Å²) < 4.78 is 5.60. The summed E-state index contributed by atoms with van der Waals surface area (Å²) in [5, 5.41) is 0.670. The molecule has 0 saturated carbocycles. The first-order valence-electron chi connectivity index (χ1n) is 5.21. The highest BCUT2D eigenvalue weighted by molar-refractivity contribution is 6.33. The van der Waals surface area contributed by atoms with Crippen molar-refractivity contribution in [2.24, 2.45) is 5.73 Å². The maximum Gasteiger partial charge on any atom is 0.194 e. The highest BCUT2D eigenvalue weighted by atomic mass is 35.5. The Balaban J connectivity index is 2.22. The zero-order chi connectivity index (χ0) is 11.4. The monoisotopic (exact) mass is 236 g/mol. The van der Waals surface area contributed by atoms with Crippen LogP contribution in [-0.2, 0) is 6.42 Å². The summed E-state index contributed by atoms with van der Waals surface area (Å²) >= 11 is 6.06. The van der Waals surface area contributed by atoms with Crippen molar-refractivity contribution in [1.29, 1.82) is 0 Å². The van der Waals surface area contributed by atoms with E-state index in [1.54, 1.807) is 6.20 Å². The first kappa shape index (κ1) is 11.2. The molecule has 0 aliphatic carbocycles. The molecule has 0 spiro atoms. The third kappa shape index (κ3) is 2.43. The summed E-state index contributed by atoms with van der Waals surface area (Å²) in [4.78, 5) is 4.19. The van der Waals surface area contributed by atoms with Gasteiger partial charge in [-0.2, -0.15) is 0 Å². The second-order valence-electron chi connectivity index (χ2n) is 3.49. The van der Waals surface area contributed by atoms with Crippen molar-refractivity contribution in [1.82, 2.24) is 4.98 Å². The molecule has 0 unspecified atom stereocenters. The summed E-state index contributed by atoms with van der Waals surface area (Å²) in [6.45, 7) is 0.643. The summed E-state index contributed by atoms with van der Waals surface area (Å²) in [5.41, 5.74) is 6.30. The molecule has 3 nitrogen and oxygen atoms in total. The normalized spacial score (nSPS) is 10.6. The van der Waals surface area contributed by atoms with Gasteiger partial charge >= 0.3 is 0 Å². The van der Waals surface area contributed by atoms with E-state index in [9.17, 15) is 0 Å². The number of benzene rings is 1. The van der Waals surface area contributed by atoms with Gasteiger partial charge in [0.1, 0.15) is 0 Å². The Hall–Kier alpha value is -1.32. The molecule has 84 valence electrons. The van der Waals surface area contributed by atoms with Crippen molar-refractivity contribution in [2.75, 3.05) is 6.54 Å². The summed E-state index contributed by atoms with van der Waals surface area (Å²) in [6.07, 6.45) is 3.34. The van der Waals surface area contributed by atoms with Crippen LogP contribution in [0.5, 0.6) is 0 Å². The second-order valence-corrected chi connectivity index (χ2v) is 3.90. The highest BCUT2D eigenvalue weighted by Crippen LogP contribution is 2.27. The number of aryl methyl sites for hydroxylation is 1. The van der Waals surface area contributed by atoms with Gasteiger partial charge in [-0.25, -0.2) is 4.98 Å². The molecular weight excluding hydrogens is 224 g/mol. The Morgan fingerprint density at radius 1 is 1.31 bits per heavy atom. The lowest BCUT2D eigenvalue weighted by molar-refractivity contribution is 0.499. The van der Waals surface area contributed by atoms with Crippen molar-refractivity contribution in [3.8, 4) is 11.3 Å². The lowest BCUT2D eigenvalue weighted by atomic mass is 10.2. The molecule has 1 aromatic carbocycles. The van der Waals surface area contributed by atoms with Gasteiger partial charge in [-0.3, -0.25) is 0 Å². The Kier molecular flexibility index (Phi) is 3.59. The summed E-state index contributed by atoms with van der Waals surface area (Å²) in [5.74, 6) is 1.41. The van der Waals surface area contributed by atoms with Gasteiger partial charge in [0.2, 0.25) is 0 Å². The minimum Gasteiger partial charge on any atom is -0.441 e. The Bertz CT molecular complexity index is 468. The van der Waals surface area contributed by atoms with Crippen LogP contribution in [0, 0.1) is 0 Å². The van der Waals surface area contributed by atoms with Crippen LogP contribution in [0.4, 0.5) is 0 Å². The Labute approximate surface area is 99.2 Å². The lowest BCUT2D eigenvalue weighted by Gasteiger charge is -1.98. The topological polar surface area (TPSA) is 52.0 Å². The van der Waals surface area contributed by atoms with E-state index in [2.05, 4.69) is 4.98 Å². The molecule has 4 heteroatoms. The number of nitrogens with two attached hydrogens (primary N) is 1. The first-order valence-corrected chi connectivity index (χ1v) is 5.58. The zero-order valence-corrected chi connectivity index (χ0v) is 9.57. The van der Waals surface area contributed by atoms with Gasteiger partial charge in [0.25, 0.3) is 0 Å². The fraction of sp³-hybridized carbons (Fsp3) is 0.250. The molecule has 0 bridgehead atoms. The van der Waals surface area contributed by atoms with Gasteiger partial charge in [-0.05, 0) is 25.1 Å². The molecule has 0 aliphatic rings. The number of halogens is 1. The number of nitrogens with zero attached hydrogens (tertiary/aromatic N) is 1. The number of hydrogen-bond acceptors (Lipinski definition) is 3. The van der Waals surface area contributed by atoms with Crippen LogP contribution in [0.1, 0.15) is 12.3 Å². The molecule has 0 radical (unpaired) electrons. The zero-order valence-electron chi connectivity index (χ0n) is 8.82. The predicted octanol–water partition coefficient (Wildman–Crippen LogP) is 2.89. The van der Waals surface area contributed by atoms with E-state index in [4.69, 9.17) is 21.8 Å². The van der Waals surface area contributed by atoms with Crippen LogP contribution in [0.15, 0.2) is 34.9 Å². The molecule has 0 atom stereocenters. The molecule has 0 aliphatic heterocycles. The molecule has 0 fully saturated rings. The van der Waals surface area contributed by atoms with Gasteiger partial charge in [-0.15, -0.1) is 0 Å². The van der Waals surface area contributed by atoms with Crippen LogP contribution in [0.2, 0.25) is 5.02 Å². The van der Waals surface area contributed by atoms with Gasteiger partial charge in [-0.1, -0.05) is 23.7 Å². The number of aromatic nitrogens is 1. The average molecular weight is 237 g/mol. The van der Waals surface area contributed by atoms with Crippen LogP contribution < -0.4 is 5.73 Å². The summed E-state index contributed by atoms with van der Waals surface area (Å²) in [6, 6.07) is 7.55. The fourth-order valence-corrected chi connectivity index (χ4v) is 1.69. The van der Waals surface area contributed by atoms with Crippen molar-refractivity contribution >= 4 is 11.6 Å². The molecule has 2 rings (SSSR count). The van der Waals surface area contributed by atoms with E-state index >= 15 is 0 Å². The van der Waals surface area contributed by atoms with E-state index in [1.807, 2.05) is 24.3 Å². The minimum atomic E-state index is 0.643. The maximum atomic E-state index is 6.06. The van der Waals surface area contributed by atoms with E-state index in [0.717, 1.165) is 18.4 Å². The Morgan fingerprint density at radius 3 is 2.88 bits per heavy atom. The average Bonchev–Trinajstić information content (AvgIpc) is 2.75. The quantitative estimate of drug-likeness (QED) is 0.888. The fourth-order valence-electron chi connectivity index (χ4n) is 1.46. The highest BCUT2D eigenvalue weighted by Gasteiger charge is 2.08. The van der Waals surface area contributed by atoms with Crippen LogP contribution in [-0.4, -0.2) is 11.5 Å². The first-order chi connectivity index (χ1) is 7.81. The lowest BCUT2D eigenvalue weighted by Crippen LogP contribution is -2.00. The molecule has 1 heterocycles. The molecule has 1 aromatic heterocycles. The molecule has 0 amide bonds. The van der Waals surface area contributed by atoms with Crippen LogP contribution in [0.25, 0.3) is 11.3 Å². The van der Waals surface area contributed by atoms with Crippen molar-refractivity contribution in [2.45, 2.75) is 12.8 Å². The molecule has 16 heavy (non-hydrogen) atoms. The predicted molar refractivity (Wildman–Crippen MR) is 64.3 cm³/mol. The third-order valence-electron chi connectivity index (χ3n) is 2.29. The molecule has 2 N–H and O–H groups in total. The Morgan fingerprint density at radius 2 is 2.12 bits per heavy atom. The third-order valence-corrected chi connectivity index (χ3v) is 2.62. The number of rotatable bonds is 4. The number of hydrogen-bond donors (Lipinski definition) is 1. The van der Waals surface area contributed by atoms with Crippen molar-refractivity contribution in [3.63, 3.8) is 0 Å². The van der Waals surface area contributed by atoms with Crippen molar-refractivity contribution < 1.29 is 4.42 Å². The van der Waals surface area contributed by atoms with E-state index < -0.39 is 0 Å². The van der Waals surface area contributed by atoms with Crippen LogP contribution >= 0.6 is 11.6 Å². The smallest absolute Gasteiger partial charge is 0.194 e. The molecular formula is C12H13ClN2O.